The van der Waals surface area contributed by atoms with Gasteiger partial charge in [-0.3, -0.25) is 14.4 Å². The Kier molecular flexibility index (Phi) is 5.54. The van der Waals surface area contributed by atoms with Crippen LogP contribution in [0.2, 0.25) is 0 Å². The molecule has 6 heteroatoms. The van der Waals surface area contributed by atoms with Crippen molar-refractivity contribution in [3.05, 3.63) is 24.0 Å². The van der Waals surface area contributed by atoms with Crippen LogP contribution in [0.5, 0.6) is 0 Å². The molecule has 114 valence electrons. The number of aromatic amines is 1. The van der Waals surface area contributed by atoms with E-state index in [1.807, 2.05) is 0 Å². The Bertz CT molecular complexity index is 490. The highest BCUT2D eigenvalue weighted by molar-refractivity contribution is 5.96. The molecule has 2 N–H and O–H groups in total. The maximum absolute atomic E-state index is 11.8. The molecule has 0 spiro atoms. The fourth-order valence-electron chi connectivity index (χ4n) is 2.45. The van der Waals surface area contributed by atoms with E-state index in [1.54, 1.807) is 18.3 Å². The van der Waals surface area contributed by atoms with Gasteiger partial charge in [-0.2, -0.15) is 0 Å². The molecule has 0 aromatic carbocycles. The van der Waals surface area contributed by atoms with Crippen LogP contribution in [-0.2, 0) is 14.3 Å². The maximum atomic E-state index is 11.8. The van der Waals surface area contributed by atoms with E-state index in [4.69, 9.17) is 4.74 Å². The lowest BCUT2D eigenvalue weighted by molar-refractivity contribution is -0.143. The summed E-state index contributed by atoms with van der Waals surface area (Å²) >= 11 is 0. The molecule has 6 nitrogen and oxygen atoms in total. The summed E-state index contributed by atoms with van der Waals surface area (Å²) in [6.07, 6.45) is 6.69. The minimum atomic E-state index is -0.598. The van der Waals surface area contributed by atoms with Gasteiger partial charge in [0.15, 0.2) is 6.61 Å². The van der Waals surface area contributed by atoms with Crippen LogP contribution in [0.1, 0.15) is 42.6 Å². The summed E-state index contributed by atoms with van der Waals surface area (Å²) in [6.45, 7) is -0.508. The number of ether oxygens (including phenoxy) is 1. The Morgan fingerprint density at radius 1 is 1.24 bits per heavy atom. The Labute approximate surface area is 123 Å². The van der Waals surface area contributed by atoms with Crippen LogP contribution < -0.4 is 5.32 Å². The van der Waals surface area contributed by atoms with Gasteiger partial charge >= 0.3 is 5.97 Å². The number of H-pyrrole nitrogens is 1. The average molecular weight is 292 g/mol. The molecule has 1 saturated carbocycles. The van der Waals surface area contributed by atoms with Crippen molar-refractivity contribution in [1.29, 1.82) is 0 Å². The van der Waals surface area contributed by atoms with E-state index in [2.05, 4.69) is 10.3 Å². The smallest absolute Gasteiger partial charge is 0.325 e. The summed E-state index contributed by atoms with van der Waals surface area (Å²) in [4.78, 5) is 37.7. The molecule has 0 bridgehead atoms. The summed E-state index contributed by atoms with van der Waals surface area (Å²) in [6, 6.07) is 3.31. The van der Waals surface area contributed by atoms with Crippen molar-refractivity contribution in [3.8, 4) is 0 Å². The highest BCUT2D eigenvalue weighted by atomic mass is 16.5. The van der Waals surface area contributed by atoms with Gasteiger partial charge in [0.05, 0.1) is 5.69 Å². The van der Waals surface area contributed by atoms with Crippen molar-refractivity contribution in [3.63, 3.8) is 0 Å². The lowest BCUT2D eigenvalue weighted by Gasteiger charge is -2.20. The Balaban J connectivity index is 1.65. The summed E-state index contributed by atoms with van der Waals surface area (Å²) in [5, 5.41) is 2.58. The molecular weight excluding hydrogens is 272 g/mol. The Hall–Kier alpha value is -2.11. The fourth-order valence-corrected chi connectivity index (χ4v) is 2.45. The van der Waals surface area contributed by atoms with Crippen LogP contribution in [0.15, 0.2) is 18.3 Å². The average Bonchev–Trinajstić information content (AvgIpc) is 3.05. The molecule has 0 saturated heterocycles. The van der Waals surface area contributed by atoms with E-state index in [1.165, 1.54) is 6.42 Å². The van der Waals surface area contributed by atoms with E-state index in [9.17, 15) is 14.4 Å². The Morgan fingerprint density at radius 2 is 2.00 bits per heavy atom. The van der Waals surface area contributed by atoms with Crippen LogP contribution in [0.3, 0.4) is 0 Å². The summed E-state index contributed by atoms with van der Waals surface area (Å²) in [5.41, 5.74) is 0.397. The minimum Gasteiger partial charge on any atom is -0.456 e. The molecule has 0 radical (unpaired) electrons. The monoisotopic (exact) mass is 292 g/mol. The largest absolute Gasteiger partial charge is 0.456 e. The van der Waals surface area contributed by atoms with Crippen molar-refractivity contribution in [2.75, 3.05) is 13.2 Å². The van der Waals surface area contributed by atoms with Gasteiger partial charge in [0.25, 0.3) is 0 Å². The van der Waals surface area contributed by atoms with E-state index >= 15 is 0 Å². The van der Waals surface area contributed by atoms with Crippen molar-refractivity contribution < 1.29 is 19.1 Å². The van der Waals surface area contributed by atoms with Gasteiger partial charge in [-0.1, -0.05) is 19.3 Å². The molecule has 1 heterocycles. The van der Waals surface area contributed by atoms with Crippen LogP contribution in [-0.4, -0.2) is 35.8 Å². The lowest BCUT2D eigenvalue weighted by atomic mass is 9.89. The summed E-state index contributed by atoms with van der Waals surface area (Å²) in [5.74, 6) is -0.986. The number of aromatic nitrogens is 1. The molecule has 21 heavy (non-hydrogen) atoms. The Morgan fingerprint density at radius 3 is 2.67 bits per heavy atom. The highest BCUT2D eigenvalue weighted by Crippen LogP contribution is 2.23. The third-order valence-corrected chi connectivity index (χ3v) is 3.65. The molecule has 0 unspecified atom stereocenters. The number of Topliss-reactive ketones (excluding diaryl/α,β-unsaturated/α-hetero) is 1. The number of hydrogen-bond donors (Lipinski definition) is 2. The fraction of sp³-hybridized carbons (Fsp3) is 0.533. The molecular formula is C15H20N2O4. The highest BCUT2D eigenvalue weighted by Gasteiger charge is 2.21. The number of rotatable bonds is 6. The number of nitrogens with one attached hydrogen (secondary N) is 2. The van der Waals surface area contributed by atoms with Gasteiger partial charge in [-0.05, 0) is 25.0 Å². The molecule has 1 aliphatic carbocycles. The number of amides is 1. The standard InChI is InChI=1S/C15H20N2O4/c18-13(12-7-4-8-16-12)10-21-14(19)9-17-15(20)11-5-2-1-3-6-11/h4,7-8,11,16H,1-3,5-6,9-10H2,(H,17,20). The summed E-state index contributed by atoms with van der Waals surface area (Å²) < 4.78 is 4.84. The lowest BCUT2D eigenvalue weighted by Crippen LogP contribution is -2.36. The molecule has 1 aliphatic rings. The van der Waals surface area contributed by atoms with Crippen molar-refractivity contribution in [2.24, 2.45) is 5.92 Å². The van der Waals surface area contributed by atoms with Gasteiger partial charge in [0, 0.05) is 12.1 Å². The first-order chi connectivity index (χ1) is 10.2. The van der Waals surface area contributed by atoms with E-state index < -0.39 is 5.97 Å². The van der Waals surface area contributed by atoms with Crippen molar-refractivity contribution in [1.82, 2.24) is 10.3 Å². The van der Waals surface area contributed by atoms with Gasteiger partial charge in [-0.15, -0.1) is 0 Å². The maximum Gasteiger partial charge on any atom is 0.325 e. The second-order valence-electron chi connectivity index (χ2n) is 5.22. The van der Waals surface area contributed by atoms with Gasteiger partial charge in [0.1, 0.15) is 6.54 Å². The van der Waals surface area contributed by atoms with Gasteiger partial charge in [-0.25, -0.2) is 0 Å². The first-order valence-electron chi connectivity index (χ1n) is 7.27. The minimum absolute atomic E-state index is 0.00657. The van der Waals surface area contributed by atoms with Gasteiger partial charge in [0.2, 0.25) is 11.7 Å². The number of carbonyl (C=O) groups is 3. The van der Waals surface area contributed by atoms with Gasteiger partial charge < -0.3 is 15.0 Å². The first kappa shape index (κ1) is 15.3. The van der Waals surface area contributed by atoms with E-state index in [0.717, 1.165) is 25.7 Å². The van der Waals surface area contributed by atoms with Crippen LogP contribution in [0, 0.1) is 5.92 Å². The third kappa shape index (κ3) is 4.73. The molecule has 1 aromatic heterocycles. The number of hydrogen-bond acceptors (Lipinski definition) is 4. The predicted molar refractivity (Wildman–Crippen MR) is 75.7 cm³/mol. The molecule has 1 amide bonds. The zero-order chi connectivity index (χ0) is 15.1. The molecule has 2 rings (SSSR count). The zero-order valence-electron chi connectivity index (χ0n) is 11.9. The second kappa shape index (κ2) is 7.61. The molecule has 0 aliphatic heterocycles. The molecule has 0 atom stereocenters. The second-order valence-corrected chi connectivity index (χ2v) is 5.22. The summed E-state index contributed by atoms with van der Waals surface area (Å²) in [7, 11) is 0. The SMILES string of the molecule is O=C(CNC(=O)C1CCCCC1)OCC(=O)c1ccc[nH]1. The number of esters is 1. The normalized spacial score (nSPS) is 15.4. The quantitative estimate of drug-likeness (QED) is 0.613. The first-order valence-corrected chi connectivity index (χ1v) is 7.27. The third-order valence-electron chi connectivity index (χ3n) is 3.65. The van der Waals surface area contributed by atoms with Crippen molar-refractivity contribution in [2.45, 2.75) is 32.1 Å². The molecule has 1 aromatic rings. The topological polar surface area (TPSA) is 88.3 Å². The van der Waals surface area contributed by atoms with E-state index in [0.29, 0.717) is 5.69 Å². The van der Waals surface area contributed by atoms with E-state index in [-0.39, 0.29) is 30.8 Å². The number of carbonyl (C=O) groups excluding carboxylic acids is 3. The zero-order valence-corrected chi connectivity index (χ0v) is 11.9. The number of ketones is 1. The molecule has 1 fully saturated rings. The van der Waals surface area contributed by atoms with Crippen molar-refractivity contribution >= 4 is 17.7 Å². The van der Waals surface area contributed by atoms with Crippen LogP contribution >= 0.6 is 0 Å². The van der Waals surface area contributed by atoms with Crippen LogP contribution in [0.25, 0.3) is 0 Å². The predicted octanol–water partition coefficient (Wildman–Crippen LogP) is 1.44. The van der Waals surface area contributed by atoms with Crippen LogP contribution in [0.4, 0.5) is 0 Å².